The Bertz CT molecular complexity index is 858. The number of benzene rings is 2. The molecule has 24 heavy (non-hydrogen) atoms. The maximum Gasteiger partial charge on any atom is 0.158 e. The minimum absolute atomic E-state index is 0.139. The number of ether oxygens (including phenoxy) is 1. The average molecular weight is 322 g/mol. The van der Waals surface area contributed by atoms with Gasteiger partial charge < -0.3 is 14.2 Å². The molecule has 122 valence electrons. The third-order valence-electron chi connectivity index (χ3n) is 4.36. The number of aryl methyl sites for hydroxylation is 1. The normalized spacial score (nSPS) is 17.4. The highest BCUT2D eigenvalue weighted by Crippen LogP contribution is 2.33. The molecular weight excluding hydrogens is 303 g/mol. The van der Waals surface area contributed by atoms with Crippen molar-refractivity contribution in [1.29, 1.82) is 0 Å². The molecular formula is C20H19FN2O. The van der Waals surface area contributed by atoms with Gasteiger partial charge >= 0.3 is 0 Å². The summed E-state index contributed by atoms with van der Waals surface area (Å²) in [5.74, 6) is -0.234. The van der Waals surface area contributed by atoms with Crippen LogP contribution in [-0.4, -0.2) is 17.7 Å². The summed E-state index contributed by atoms with van der Waals surface area (Å²) in [6, 6.07) is 17.2. The van der Waals surface area contributed by atoms with Crippen LogP contribution < -0.4 is 4.90 Å². The van der Waals surface area contributed by atoms with Gasteiger partial charge in [0, 0.05) is 30.2 Å². The number of anilines is 1. The maximum atomic E-state index is 14.0. The number of nitrogens with zero attached hydrogens (tertiary/aromatic N) is 2. The molecule has 1 aliphatic heterocycles. The number of aromatic nitrogens is 1. The Kier molecular flexibility index (Phi) is 3.82. The Morgan fingerprint density at radius 1 is 1.08 bits per heavy atom. The molecule has 2 aromatic carbocycles. The van der Waals surface area contributed by atoms with E-state index in [-0.39, 0.29) is 12.0 Å². The van der Waals surface area contributed by atoms with E-state index in [1.165, 1.54) is 11.6 Å². The van der Waals surface area contributed by atoms with E-state index in [1.807, 2.05) is 24.5 Å². The molecule has 1 unspecified atom stereocenters. The van der Waals surface area contributed by atoms with Crippen LogP contribution in [0.5, 0.6) is 0 Å². The lowest BCUT2D eigenvalue weighted by Gasteiger charge is -2.25. The minimum Gasteiger partial charge on any atom is -0.352 e. The van der Waals surface area contributed by atoms with Crippen molar-refractivity contribution in [2.45, 2.75) is 13.2 Å². The van der Waals surface area contributed by atoms with Gasteiger partial charge in [0.2, 0.25) is 0 Å². The van der Waals surface area contributed by atoms with Crippen LogP contribution in [0.1, 0.15) is 17.4 Å². The third kappa shape index (κ3) is 2.69. The standard InChI is InChI=1S/C20H19FN2O/c1-15-5-4-6-17(13-15)23-11-12-24-20(23)16-9-10-22(14-16)19-8-3-2-7-18(19)21/h2-10,13-14,20H,11-12H2,1H3. The van der Waals surface area contributed by atoms with E-state index in [0.29, 0.717) is 12.3 Å². The quantitative estimate of drug-likeness (QED) is 0.708. The fourth-order valence-electron chi connectivity index (χ4n) is 3.19. The van der Waals surface area contributed by atoms with Crippen molar-refractivity contribution in [3.8, 4) is 5.69 Å². The van der Waals surface area contributed by atoms with E-state index in [9.17, 15) is 4.39 Å². The van der Waals surface area contributed by atoms with Crippen LogP contribution in [0, 0.1) is 12.7 Å². The van der Waals surface area contributed by atoms with Gasteiger partial charge in [-0.2, -0.15) is 0 Å². The summed E-state index contributed by atoms with van der Waals surface area (Å²) < 4.78 is 21.7. The van der Waals surface area contributed by atoms with Crippen LogP contribution in [0.15, 0.2) is 67.0 Å². The van der Waals surface area contributed by atoms with Crippen LogP contribution in [0.3, 0.4) is 0 Å². The lowest BCUT2D eigenvalue weighted by Crippen LogP contribution is -2.23. The zero-order valence-corrected chi connectivity index (χ0v) is 13.5. The van der Waals surface area contributed by atoms with E-state index in [1.54, 1.807) is 16.7 Å². The summed E-state index contributed by atoms with van der Waals surface area (Å²) in [5.41, 5.74) is 3.94. The van der Waals surface area contributed by atoms with E-state index in [4.69, 9.17) is 4.74 Å². The molecule has 0 aliphatic carbocycles. The molecule has 1 aromatic heterocycles. The molecule has 2 heterocycles. The van der Waals surface area contributed by atoms with Gasteiger partial charge in [0.05, 0.1) is 12.3 Å². The second-order valence-electron chi connectivity index (χ2n) is 6.06. The van der Waals surface area contributed by atoms with Crippen LogP contribution in [0.25, 0.3) is 5.69 Å². The lowest BCUT2D eigenvalue weighted by molar-refractivity contribution is 0.114. The molecule has 0 amide bonds. The molecule has 0 N–H and O–H groups in total. The zero-order valence-electron chi connectivity index (χ0n) is 13.5. The highest BCUT2D eigenvalue weighted by atomic mass is 19.1. The highest BCUT2D eigenvalue weighted by Gasteiger charge is 2.28. The molecule has 1 saturated heterocycles. The predicted molar refractivity (Wildman–Crippen MR) is 92.9 cm³/mol. The number of hydrogen-bond acceptors (Lipinski definition) is 2. The van der Waals surface area contributed by atoms with Gasteiger partial charge in [-0.15, -0.1) is 0 Å². The fourth-order valence-corrected chi connectivity index (χ4v) is 3.19. The largest absolute Gasteiger partial charge is 0.352 e. The predicted octanol–water partition coefficient (Wildman–Crippen LogP) is 4.46. The monoisotopic (exact) mass is 322 g/mol. The van der Waals surface area contributed by atoms with Gasteiger partial charge in [0.15, 0.2) is 6.23 Å². The molecule has 3 nitrogen and oxygen atoms in total. The average Bonchev–Trinajstić information content (AvgIpc) is 3.24. The van der Waals surface area contributed by atoms with Gasteiger partial charge in [-0.25, -0.2) is 4.39 Å². The second-order valence-corrected chi connectivity index (χ2v) is 6.06. The van der Waals surface area contributed by atoms with Crippen molar-refractivity contribution in [2.75, 3.05) is 18.1 Å². The highest BCUT2D eigenvalue weighted by molar-refractivity contribution is 5.51. The van der Waals surface area contributed by atoms with Gasteiger partial charge in [-0.3, -0.25) is 0 Å². The van der Waals surface area contributed by atoms with Crippen molar-refractivity contribution >= 4 is 5.69 Å². The Balaban J connectivity index is 1.65. The smallest absolute Gasteiger partial charge is 0.158 e. The van der Waals surface area contributed by atoms with Crippen molar-refractivity contribution in [2.24, 2.45) is 0 Å². The molecule has 1 aliphatic rings. The van der Waals surface area contributed by atoms with E-state index >= 15 is 0 Å². The Hall–Kier alpha value is -2.59. The SMILES string of the molecule is Cc1cccc(N2CCOC2c2ccn(-c3ccccc3F)c2)c1. The van der Waals surface area contributed by atoms with Crippen molar-refractivity contribution in [3.05, 3.63) is 83.9 Å². The molecule has 3 aromatic rings. The summed E-state index contributed by atoms with van der Waals surface area (Å²) in [6.07, 6.45) is 3.68. The molecule has 0 bridgehead atoms. The molecule has 1 atom stereocenters. The Morgan fingerprint density at radius 3 is 2.79 bits per heavy atom. The first-order valence-corrected chi connectivity index (χ1v) is 8.10. The number of halogens is 1. The molecule has 4 rings (SSSR count). The van der Waals surface area contributed by atoms with Gasteiger partial charge in [-0.05, 0) is 42.8 Å². The number of rotatable bonds is 3. The van der Waals surface area contributed by atoms with Crippen LogP contribution >= 0.6 is 0 Å². The summed E-state index contributed by atoms with van der Waals surface area (Å²) in [5, 5.41) is 0. The number of hydrogen-bond donors (Lipinski definition) is 0. The summed E-state index contributed by atoms with van der Waals surface area (Å²) >= 11 is 0. The third-order valence-corrected chi connectivity index (χ3v) is 4.36. The lowest BCUT2D eigenvalue weighted by atomic mass is 10.2. The van der Waals surface area contributed by atoms with Crippen molar-refractivity contribution in [3.63, 3.8) is 0 Å². The van der Waals surface area contributed by atoms with Crippen LogP contribution in [0.4, 0.5) is 10.1 Å². The second kappa shape index (κ2) is 6.13. The van der Waals surface area contributed by atoms with E-state index in [0.717, 1.165) is 17.8 Å². The summed E-state index contributed by atoms with van der Waals surface area (Å²) in [6.45, 7) is 3.62. The van der Waals surface area contributed by atoms with Crippen LogP contribution in [0.2, 0.25) is 0 Å². The van der Waals surface area contributed by atoms with Gasteiger partial charge in [0.1, 0.15) is 5.82 Å². The van der Waals surface area contributed by atoms with Gasteiger partial charge in [-0.1, -0.05) is 24.3 Å². The topological polar surface area (TPSA) is 17.4 Å². The summed E-state index contributed by atoms with van der Waals surface area (Å²) in [4.78, 5) is 2.24. The minimum atomic E-state index is -0.234. The first-order valence-electron chi connectivity index (χ1n) is 8.10. The molecule has 4 heteroatoms. The molecule has 0 radical (unpaired) electrons. The van der Waals surface area contributed by atoms with E-state index < -0.39 is 0 Å². The fraction of sp³-hybridized carbons (Fsp3) is 0.200. The number of para-hydroxylation sites is 1. The van der Waals surface area contributed by atoms with Crippen molar-refractivity contribution < 1.29 is 9.13 Å². The van der Waals surface area contributed by atoms with Crippen molar-refractivity contribution in [1.82, 2.24) is 4.57 Å². The molecule has 0 spiro atoms. The maximum absolute atomic E-state index is 14.0. The Morgan fingerprint density at radius 2 is 1.96 bits per heavy atom. The first kappa shape index (κ1) is 15.0. The summed E-state index contributed by atoms with van der Waals surface area (Å²) in [7, 11) is 0. The Labute approximate surface area is 140 Å². The van der Waals surface area contributed by atoms with E-state index in [2.05, 4.69) is 36.1 Å². The molecule has 1 fully saturated rings. The van der Waals surface area contributed by atoms with Gasteiger partial charge in [0.25, 0.3) is 0 Å². The zero-order chi connectivity index (χ0) is 16.5. The molecule has 0 saturated carbocycles. The van der Waals surface area contributed by atoms with Crippen LogP contribution in [-0.2, 0) is 4.74 Å². The first-order chi connectivity index (χ1) is 11.7.